The number of nitrogens with zero attached hydrogens (tertiary/aromatic N) is 2. The van der Waals surface area contributed by atoms with Crippen molar-refractivity contribution >= 4 is 11.9 Å². The number of amides is 1. The molecule has 5 nitrogen and oxygen atoms in total. The van der Waals surface area contributed by atoms with Crippen molar-refractivity contribution in [3.8, 4) is 0 Å². The molecule has 0 spiro atoms. The van der Waals surface area contributed by atoms with Crippen molar-refractivity contribution in [1.82, 2.24) is 15.5 Å². The van der Waals surface area contributed by atoms with Crippen molar-refractivity contribution < 1.29 is 22.4 Å². The quantitative estimate of drug-likeness (QED) is 0.327. The van der Waals surface area contributed by atoms with Gasteiger partial charge in [-0.2, -0.15) is 0 Å². The predicted octanol–water partition coefficient (Wildman–Crippen LogP) is 3.48. The molecule has 2 fully saturated rings. The second-order valence-corrected chi connectivity index (χ2v) is 7.89. The lowest BCUT2D eigenvalue weighted by atomic mass is 9.88. The van der Waals surface area contributed by atoms with Gasteiger partial charge >= 0.3 is 0 Å². The van der Waals surface area contributed by atoms with Crippen molar-refractivity contribution in [3.63, 3.8) is 0 Å². The summed E-state index contributed by atoms with van der Waals surface area (Å²) in [7, 11) is 0. The highest BCUT2D eigenvalue weighted by Gasteiger charge is 2.31. The van der Waals surface area contributed by atoms with Crippen LogP contribution < -0.4 is 10.6 Å². The largest absolute Gasteiger partial charge is 0.357 e. The van der Waals surface area contributed by atoms with Gasteiger partial charge in [-0.05, 0) is 26.2 Å². The SMILES string of the molecule is CCNC(=NCc1c(F)c(F)cc(F)c1F)NC1CCN(C(=O)C2CCCCC2)C1. The summed E-state index contributed by atoms with van der Waals surface area (Å²) in [6.07, 6.45) is 5.98. The van der Waals surface area contributed by atoms with Crippen LogP contribution in [-0.2, 0) is 11.3 Å². The Balaban J connectivity index is 1.63. The third-order valence-electron chi connectivity index (χ3n) is 5.74. The summed E-state index contributed by atoms with van der Waals surface area (Å²) < 4.78 is 54.5. The number of aliphatic imine (C=N–C) groups is 1. The molecule has 1 aliphatic carbocycles. The minimum atomic E-state index is -1.45. The van der Waals surface area contributed by atoms with E-state index in [2.05, 4.69) is 15.6 Å². The van der Waals surface area contributed by atoms with Gasteiger partial charge in [-0.1, -0.05) is 19.3 Å². The lowest BCUT2D eigenvalue weighted by Gasteiger charge is -2.26. The first-order chi connectivity index (χ1) is 14.4. The van der Waals surface area contributed by atoms with Gasteiger partial charge in [0.1, 0.15) is 0 Å². The molecular weight excluding hydrogens is 400 g/mol. The molecule has 0 bridgehead atoms. The van der Waals surface area contributed by atoms with Crippen LogP contribution in [0.3, 0.4) is 0 Å². The van der Waals surface area contributed by atoms with Gasteiger partial charge in [0.05, 0.1) is 12.1 Å². The Morgan fingerprint density at radius 1 is 1.10 bits per heavy atom. The molecule has 30 heavy (non-hydrogen) atoms. The molecule has 1 saturated carbocycles. The van der Waals surface area contributed by atoms with Crippen molar-refractivity contribution in [1.29, 1.82) is 0 Å². The van der Waals surface area contributed by atoms with Crippen LogP contribution in [0.15, 0.2) is 11.1 Å². The zero-order valence-corrected chi connectivity index (χ0v) is 17.1. The van der Waals surface area contributed by atoms with Crippen LogP contribution in [0, 0.1) is 29.2 Å². The molecular formula is C21H28F4N4O. The summed E-state index contributed by atoms with van der Waals surface area (Å²) in [5, 5.41) is 6.11. The number of benzene rings is 1. The number of hydrogen-bond acceptors (Lipinski definition) is 2. The summed E-state index contributed by atoms with van der Waals surface area (Å²) in [5.74, 6) is -5.22. The predicted molar refractivity (Wildman–Crippen MR) is 106 cm³/mol. The second-order valence-electron chi connectivity index (χ2n) is 7.89. The van der Waals surface area contributed by atoms with E-state index in [4.69, 9.17) is 0 Å². The lowest BCUT2D eigenvalue weighted by Crippen LogP contribution is -2.45. The number of hydrogen-bond donors (Lipinski definition) is 2. The van der Waals surface area contributed by atoms with Crippen LogP contribution in [0.5, 0.6) is 0 Å². The first kappa shape index (κ1) is 22.4. The number of rotatable bonds is 5. The number of likely N-dealkylation sites (tertiary alicyclic amines) is 1. The second kappa shape index (κ2) is 10.1. The van der Waals surface area contributed by atoms with E-state index in [-0.39, 0.29) is 29.9 Å². The summed E-state index contributed by atoms with van der Waals surface area (Å²) in [6, 6.07) is 0.117. The Kier molecular flexibility index (Phi) is 7.55. The number of halogens is 4. The number of carbonyl (C=O) groups excluding carboxylic acids is 1. The number of carbonyl (C=O) groups is 1. The van der Waals surface area contributed by atoms with Gasteiger partial charge in [-0.25, -0.2) is 22.6 Å². The van der Waals surface area contributed by atoms with Gasteiger partial charge in [-0.15, -0.1) is 0 Å². The fraction of sp³-hybridized carbons (Fsp3) is 0.619. The molecule has 1 saturated heterocycles. The molecule has 1 atom stereocenters. The Bertz CT molecular complexity index is 769. The molecule has 9 heteroatoms. The summed E-state index contributed by atoms with van der Waals surface area (Å²) >= 11 is 0. The fourth-order valence-electron chi connectivity index (χ4n) is 4.12. The van der Waals surface area contributed by atoms with Crippen LogP contribution in [0.4, 0.5) is 17.6 Å². The van der Waals surface area contributed by atoms with Crippen LogP contribution in [0.2, 0.25) is 0 Å². The molecule has 1 unspecified atom stereocenters. The van der Waals surface area contributed by atoms with E-state index in [1.807, 2.05) is 11.8 Å². The van der Waals surface area contributed by atoms with E-state index in [0.29, 0.717) is 19.6 Å². The zero-order chi connectivity index (χ0) is 21.7. The highest BCUT2D eigenvalue weighted by Crippen LogP contribution is 2.27. The number of guanidine groups is 1. The molecule has 2 N–H and O–H groups in total. The molecule has 1 aromatic rings. The average Bonchev–Trinajstić information content (AvgIpc) is 3.21. The third-order valence-corrected chi connectivity index (χ3v) is 5.74. The first-order valence-electron chi connectivity index (χ1n) is 10.6. The smallest absolute Gasteiger partial charge is 0.225 e. The Morgan fingerprint density at radius 3 is 2.40 bits per heavy atom. The van der Waals surface area contributed by atoms with Crippen molar-refractivity contribution in [3.05, 3.63) is 34.9 Å². The molecule has 166 valence electrons. The maximum atomic E-state index is 13.9. The fourth-order valence-corrected chi connectivity index (χ4v) is 4.12. The zero-order valence-electron chi connectivity index (χ0n) is 17.1. The number of nitrogens with one attached hydrogen (secondary N) is 2. The standard InChI is InChI=1S/C21H28F4N4O/c1-2-26-21(27-11-15-18(24)16(22)10-17(23)19(15)25)28-14-8-9-29(12-14)20(30)13-6-4-3-5-7-13/h10,13-14H,2-9,11-12H2,1H3,(H2,26,27,28). The van der Waals surface area contributed by atoms with Gasteiger partial charge in [0.25, 0.3) is 0 Å². The van der Waals surface area contributed by atoms with E-state index in [1.54, 1.807) is 0 Å². The van der Waals surface area contributed by atoms with E-state index in [9.17, 15) is 22.4 Å². The highest BCUT2D eigenvalue weighted by molar-refractivity contribution is 5.81. The van der Waals surface area contributed by atoms with Crippen molar-refractivity contribution in [2.24, 2.45) is 10.9 Å². The minimum Gasteiger partial charge on any atom is -0.357 e. The summed E-state index contributed by atoms with van der Waals surface area (Å²) in [5.41, 5.74) is -0.759. The van der Waals surface area contributed by atoms with Crippen LogP contribution in [-0.4, -0.2) is 42.4 Å². The van der Waals surface area contributed by atoms with Gasteiger partial charge in [0.2, 0.25) is 5.91 Å². The van der Waals surface area contributed by atoms with Gasteiger partial charge in [0, 0.05) is 37.7 Å². The molecule has 1 aliphatic heterocycles. The molecule has 2 aliphatic rings. The lowest BCUT2D eigenvalue weighted by molar-refractivity contribution is -0.135. The normalized spacial score (nSPS) is 20.5. The van der Waals surface area contributed by atoms with E-state index >= 15 is 0 Å². The maximum absolute atomic E-state index is 13.9. The Hall–Kier alpha value is -2.32. The van der Waals surface area contributed by atoms with Crippen LogP contribution in [0.25, 0.3) is 0 Å². The summed E-state index contributed by atoms with van der Waals surface area (Å²) in [6.45, 7) is 2.93. The van der Waals surface area contributed by atoms with E-state index in [1.165, 1.54) is 6.42 Å². The summed E-state index contributed by atoms with van der Waals surface area (Å²) in [4.78, 5) is 18.7. The monoisotopic (exact) mass is 428 g/mol. The molecule has 1 heterocycles. The molecule has 0 aromatic heterocycles. The van der Waals surface area contributed by atoms with E-state index < -0.39 is 35.4 Å². The van der Waals surface area contributed by atoms with Crippen molar-refractivity contribution in [2.75, 3.05) is 19.6 Å². The van der Waals surface area contributed by atoms with Crippen molar-refractivity contribution in [2.45, 2.75) is 58.0 Å². The van der Waals surface area contributed by atoms with Crippen LogP contribution >= 0.6 is 0 Å². The first-order valence-corrected chi connectivity index (χ1v) is 10.6. The topological polar surface area (TPSA) is 56.7 Å². The van der Waals surface area contributed by atoms with Crippen LogP contribution in [0.1, 0.15) is 51.0 Å². The minimum absolute atomic E-state index is 0.0609. The highest BCUT2D eigenvalue weighted by atomic mass is 19.2. The third kappa shape index (κ3) is 5.23. The van der Waals surface area contributed by atoms with Gasteiger partial charge in [0.15, 0.2) is 29.2 Å². The van der Waals surface area contributed by atoms with Gasteiger partial charge in [-0.3, -0.25) is 4.79 Å². The van der Waals surface area contributed by atoms with Gasteiger partial charge < -0.3 is 15.5 Å². The molecule has 3 rings (SSSR count). The maximum Gasteiger partial charge on any atom is 0.225 e. The molecule has 1 amide bonds. The average molecular weight is 428 g/mol. The van der Waals surface area contributed by atoms with E-state index in [0.717, 1.165) is 32.1 Å². The Labute approximate surface area is 173 Å². The Morgan fingerprint density at radius 2 is 1.77 bits per heavy atom. The molecule has 0 radical (unpaired) electrons. The molecule has 1 aromatic carbocycles.